The summed E-state index contributed by atoms with van der Waals surface area (Å²) >= 11 is 0. The maximum absolute atomic E-state index is 12.6. The van der Waals surface area contributed by atoms with Crippen molar-refractivity contribution in [2.24, 2.45) is 11.8 Å². The number of hydrazine groups is 1. The van der Waals surface area contributed by atoms with Gasteiger partial charge in [0.25, 0.3) is 17.7 Å². The minimum absolute atomic E-state index is 0.189. The first-order valence-corrected chi connectivity index (χ1v) is 9.73. The van der Waals surface area contributed by atoms with Crippen LogP contribution in [0.25, 0.3) is 0 Å². The summed E-state index contributed by atoms with van der Waals surface area (Å²) in [4.78, 5) is 37.7. The van der Waals surface area contributed by atoms with E-state index in [9.17, 15) is 14.4 Å². The van der Waals surface area contributed by atoms with Crippen LogP contribution in [-0.2, 0) is 14.3 Å². The third-order valence-electron chi connectivity index (χ3n) is 6.22. The van der Waals surface area contributed by atoms with E-state index in [2.05, 4.69) is 5.43 Å². The predicted molar refractivity (Wildman–Crippen MR) is 93.5 cm³/mol. The number of carbonyl (C=O) groups excluding carboxylic acids is 3. The van der Waals surface area contributed by atoms with Crippen molar-refractivity contribution in [1.82, 2.24) is 10.4 Å². The van der Waals surface area contributed by atoms with Crippen LogP contribution in [0.5, 0.6) is 5.75 Å². The first-order chi connectivity index (χ1) is 13.1. The number of nitrogens with one attached hydrogen (secondary N) is 1. The Hall–Kier alpha value is -2.41. The zero-order valence-corrected chi connectivity index (χ0v) is 14.9. The minimum Gasteiger partial charge on any atom is -0.490 e. The highest BCUT2D eigenvalue weighted by Crippen LogP contribution is 2.48. The number of imide groups is 1. The van der Waals surface area contributed by atoms with E-state index in [1.54, 1.807) is 24.3 Å². The number of nitrogens with zero attached hydrogens (tertiary/aromatic N) is 1. The quantitative estimate of drug-likeness (QED) is 0.817. The van der Waals surface area contributed by atoms with Gasteiger partial charge in [0.2, 0.25) is 0 Å². The second kappa shape index (κ2) is 6.34. The number of benzene rings is 1. The van der Waals surface area contributed by atoms with Crippen LogP contribution in [0.1, 0.15) is 48.9 Å². The van der Waals surface area contributed by atoms with Gasteiger partial charge in [0.05, 0.1) is 30.1 Å². The molecule has 0 aromatic heterocycles. The van der Waals surface area contributed by atoms with Gasteiger partial charge in [-0.2, -0.15) is 5.01 Å². The highest BCUT2D eigenvalue weighted by Gasteiger charge is 2.62. The summed E-state index contributed by atoms with van der Waals surface area (Å²) in [5.41, 5.74) is 2.86. The van der Waals surface area contributed by atoms with Crippen LogP contribution in [0.3, 0.4) is 0 Å². The average Bonchev–Trinajstić information content (AvgIpc) is 3.45. The van der Waals surface area contributed by atoms with Crippen molar-refractivity contribution in [3.63, 3.8) is 0 Å². The number of rotatable bonds is 4. The van der Waals surface area contributed by atoms with E-state index < -0.39 is 17.7 Å². The molecular weight excluding hydrogens is 348 g/mol. The molecule has 4 atom stereocenters. The maximum Gasteiger partial charge on any atom is 0.270 e. The molecule has 0 spiro atoms. The van der Waals surface area contributed by atoms with Crippen molar-refractivity contribution in [3.8, 4) is 5.75 Å². The van der Waals surface area contributed by atoms with Gasteiger partial charge in [-0.25, -0.2) is 0 Å². The Morgan fingerprint density at radius 3 is 2.15 bits per heavy atom. The Morgan fingerprint density at radius 1 is 0.963 bits per heavy atom. The molecule has 2 bridgehead atoms. The molecule has 4 fully saturated rings. The van der Waals surface area contributed by atoms with Gasteiger partial charge in [0, 0.05) is 5.56 Å². The lowest BCUT2D eigenvalue weighted by Crippen LogP contribution is -2.47. The SMILES string of the molecule is O=C(NN1C(=O)[C@H]2[C@H](C1=O)[C@H]1CC[C@H]2O1)c1ccc(OC2CCCC2)cc1. The molecule has 1 aromatic rings. The first kappa shape index (κ1) is 16.7. The zero-order chi connectivity index (χ0) is 18.5. The number of hydrogen-bond acceptors (Lipinski definition) is 5. The monoisotopic (exact) mass is 370 g/mol. The number of amides is 3. The van der Waals surface area contributed by atoms with E-state index >= 15 is 0 Å². The zero-order valence-electron chi connectivity index (χ0n) is 14.9. The highest BCUT2D eigenvalue weighted by atomic mass is 16.5. The molecule has 0 unspecified atom stereocenters. The fourth-order valence-electron chi connectivity index (χ4n) is 4.87. The minimum atomic E-state index is -0.475. The molecule has 1 aromatic carbocycles. The summed E-state index contributed by atoms with van der Waals surface area (Å²) in [7, 11) is 0. The summed E-state index contributed by atoms with van der Waals surface area (Å²) in [5, 5.41) is 0.897. The summed E-state index contributed by atoms with van der Waals surface area (Å²) < 4.78 is 11.6. The molecule has 4 aliphatic rings. The van der Waals surface area contributed by atoms with E-state index in [1.165, 1.54) is 12.8 Å². The number of carbonyl (C=O) groups is 3. The lowest BCUT2D eigenvalue weighted by atomic mass is 9.81. The van der Waals surface area contributed by atoms with Gasteiger partial charge in [0.1, 0.15) is 5.75 Å². The summed E-state index contributed by atoms with van der Waals surface area (Å²) in [6, 6.07) is 6.81. The molecule has 3 heterocycles. The fraction of sp³-hybridized carbons (Fsp3) is 0.550. The molecule has 3 aliphatic heterocycles. The Labute approximate surface area is 157 Å². The van der Waals surface area contributed by atoms with E-state index in [0.29, 0.717) is 5.56 Å². The Kier molecular flexibility index (Phi) is 3.93. The second-order valence-corrected chi connectivity index (χ2v) is 7.84. The molecular formula is C20H22N2O5. The van der Waals surface area contributed by atoms with Crippen LogP contribution < -0.4 is 10.2 Å². The third kappa shape index (κ3) is 2.72. The molecule has 0 radical (unpaired) electrons. The van der Waals surface area contributed by atoms with E-state index in [4.69, 9.17) is 9.47 Å². The summed E-state index contributed by atoms with van der Waals surface area (Å²) in [5.74, 6) is -1.34. The van der Waals surface area contributed by atoms with Gasteiger partial charge in [0.15, 0.2) is 0 Å². The number of ether oxygens (including phenoxy) is 2. The highest BCUT2D eigenvalue weighted by molar-refractivity contribution is 6.08. The molecule has 7 nitrogen and oxygen atoms in total. The van der Waals surface area contributed by atoms with Gasteiger partial charge in [-0.1, -0.05) is 0 Å². The Bertz CT molecular complexity index is 758. The van der Waals surface area contributed by atoms with Crippen LogP contribution in [0.2, 0.25) is 0 Å². The third-order valence-corrected chi connectivity index (χ3v) is 6.22. The van der Waals surface area contributed by atoms with Crippen molar-refractivity contribution < 1.29 is 23.9 Å². The standard InChI is InChI=1S/C20H22N2O5/c23-18(11-5-7-13(8-6-11)26-12-3-1-2-4-12)21-22-19(24)16-14-9-10-15(27-14)17(16)20(22)25/h5-8,12,14-17H,1-4,9-10H2,(H,21,23)/t14-,15-,16-,17-/m1/s1. The summed E-state index contributed by atoms with van der Waals surface area (Å²) in [6.45, 7) is 0. The van der Waals surface area contributed by atoms with Gasteiger partial charge in [-0.05, 0) is 62.8 Å². The van der Waals surface area contributed by atoms with Crippen LogP contribution in [-0.4, -0.2) is 41.0 Å². The normalized spacial score (nSPS) is 32.2. The molecule has 3 amide bonds. The van der Waals surface area contributed by atoms with Gasteiger partial charge in [-0.15, -0.1) is 0 Å². The lowest BCUT2D eigenvalue weighted by molar-refractivity contribution is -0.145. The number of fused-ring (bicyclic) bond motifs is 5. The molecule has 142 valence electrons. The van der Waals surface area contributed by atoms with Gasteiger partial charge >= 0.3 is 0 Å². The molecule has 1 aliphatic carbocycles. The topological polar surface area (TPSA) is 84.9 Å². The maximum atomic E-state index is 12.6. The van der Waals surface area contributed by atoms with Crippen molar-refractivity contribution in [1.29, 1.82) is 0 Å². The van der Waals surface area contributed by atoms with Crippen LogP contribution in [0, 0.1) is 11.8 Å². The average molecular weight is 370 g/mol. The van der Waals surface area contributed by atoms with E-state index in [1.807, 2.05) is 0 Å². The molecule has 5 rings (SSSR count). The van der Waals surface area contributed by atoms with Crippen LogP contribution in [0.4, 0.5) is 0 Å². The van der Waals surface area contributed by atoms with Gasteiger partial charge in [-0.3, -0.25) is 19.8 Å². The molecule has 27 heavy (non-hydrogen) atoms. The van der Waals surface area contributed by atoms with E-state index in [-0.39, 0.29) is 30.1 Å². The summed E-state index contributed by atoms with van der Waals surface area (Å²) in [6.07, 6.45) is 5.99. The Balaban J connectivity index is 1.25. The smallest absolute Gasteiger partial charge is 0.270 e. The molecule has 1 N–H and O–H groups in total. The number of hydrogen-bond donors (Lipinski definition) is 1. The van der Waals surface area contributed by atoms with Crippen molar-refractivity contribution in [3.05, 3.63) is 29.8 Å². The Morgan fingerprint density at radius 2 is 1.56 bits per heavy atom. The van der Waals surface area contributed by atoms with Crippen LogP contribution >= 0.6 is 0 Å². The largest absolute Gasteiger partial charge is 0.490 e. The second-order valence-electron chi connectivity index (χ2n) is 7.84. The first-order valence-electron chi connectivity index (χ1n) is 9.73. The predicted octanol–water partition coefficient (Wildman–Crippen LogP) is 1.82. The van der Waals surface area contributed by atoms with Gasteiger partial charge < -0.3 is 9.47 Å². The fourth-order valence-corrected chi connectivity index (χ4v) is 4.87. The van der Waals surface area contributed by atoms with Crippen molar-refractivity contribution in [2.45, 2.75) is 56.8 Å². The lowest BCUT2D eigenvalue weighted by Gasteiger charge is -2.18. The van der Waals surface area contributed by atoms with Crippen molar-refractivity contribution >= 4 is 17.7 Å². The van der Waals surface area contributed by atoms with Crippen LogP contribution in [0.15, 0.2) is 24.3 Å². The molecule has 7 heteroatoms. The van der Waals surface area contributed by atoms with E-state index in [0.717, 1.165) is 36.4 Å². The van der Waals surface area contributed by atoms with Crippen molar-refractivity contribution in [2.75, 3.05) is 0 Å². The molecule has 1 saturated carbocycles. The molecule has 3 saturated heterocycles.